The number of rotatable bonds is 2. The average Bonchev–Trinajstić information content (AvgIpc) is 2.58. The molecule has 0 atom stereocenters. The second-order valence-electron chi connectivity index (χ2n) is 2.94. The Morgan fingerprint density at radius 2 is 2.12 bits per heavy atom. The summed E-state index contributed by atoms with van der Waals surface area (Å²) >= 11 is 6.84. The second-order valence-corrected chi connectivity index (χ2v) is 4.41. The Balaban J connectivity index is 2.34. The van der Waals surface area contributed by atoms with Crippen LogP contribution in [0.5, 0.6) is 0 Å². The van der Waals surface area contributed by atoms with Crippen molar-refractivity contribution in [3.8, 4) is 0 Å². The average molecular weight is 262 g/mol. The predicted octanol–water partition coefficient (Wildman–Crippen LogP) is 3.40. The zero-order chi connectivity index (χ0) is 11.7. The van der Waals surface area contributed by atoms with E-state index in [1.54, 1.807) is 0 Å². The second kappa shape index (κ2) is 4.23. The van der Waals surface area contributed by atoms with Crippen LogP contribution in [-0.2, 0) is 0 Å². The maximum atomic E-state index is 13.4. The molecule has 0 radical (unpaired) electrons. The van der Waals surface area contributed by atoms with Crippen molar-refractivity contribution in [2.75, 3.05) is 11.1 Å². The van der Waals surface area contributed by atoms with E-state index in [0.29, 0.717) is 10.1 Å². The lowest BCUT2D eigenvalue weighted by atomic mass is 10.3. The number of anilines is 3. The summed E-state index contributed by atoms with van der Waals surface area (Å²) in [5.41, 5.74) is 5.45. The van der Waals surface area contributed by atoms with Crippen molar-refractivity contribution in [2.24, 2.45) is 0 Å². The highest BCUT2D eigenvalue weighted by Crippen LogP contribution is 2.31. The maximum Gasteiger partial charge on any atom is 0.189 e. The van der Waals surface area contributed by atoms with Crippen molar-refractivity contribution in [1.82, 2.24) is 4.98 Å². The molecule has 0 spiro atoms. The zero-order valence-corrected chi connectivity index (χ0v) is 9.37. The van der Waals surface area contributed by atoms with Crippen LogP contribution in [0.25, 0.3) is 0 Å². The summed E-state index contributed by atoms with van der Waals surface area (Å²) in [4.78, 5) is 3.88. The van der Waals surface area contributed by atoms with Crippen LogP contribution < -0.4 is 11.1 Å². The first-order valence-corrected chi connectivity index (χ1v) is 5.38. The summed E-state index contributed by atoms with van der Waals surface area (Å²) in [7, 11) is 0. The quantitative estimate of drug-likeness (QED) is 0.871. The molecule has 7 heteroatoms. The van der Waals surface area contributed by atoms with Gasteiger partial charge in [0.25, 0.3) is 0 Å². The smallest absolute Gasteiger partial charge is 0.189 e. The van der Waals surface area contributed by atoms with Gasteiger partial charge in [0.15, 0.2) is 10.9 Å². The number of aromatic nitrogens is 1. The van der Waals surface area contributed by atoms with Crippen molar-refractivity contribution in [3.63, 3.8) is 0 Å². The van der Waals surface area contributed by atoms with Crippen molar-refractivity contribution in [2.45, 2.75) is 0 Å². The number of thiazole rings is 1. The number of nitrogens with zero attached hydrogens (tertiary/aromatic N) is 1. The minimum atomic E-state index is -0.779. The van der Waals surface area contributed by atoms with Crippen LogP contribution >= 0.6 is 22.9 Å². The van der Waals surface area contributed by atoms with E-state index in [0.717, 1.165) is 23.5 Å². The molecule has 1 aromatic heterocycles. The van der Waals surface area contributed by atoms with Gasteiger partial charge in [-0.3, -0.25) is 0 Å². The van der Waals surface area contributed by atoms with Crippen LogP contribution in [0.1, 0.15) is 0 Å². The van der Waals surface area contributed by atoms with Gasteiger partial charge in [-0.25, -0.2) is 13.8 Å². The van der Waals surface area contributed by atoms with E-state index < -0.39 is 11.6 Å². The standard InChI is InChI=1S/C9H6ClF2N3S/c10-5-1-4(11)2-6(12)8(5)15-9-14-3-7(13)16-9/h1-3H,13H2,(H,14,15). The highest BCUT2D eigenvalue weighted by atomic mass is 35.5. The lowest BCUT2D eigenvalue weighted by Gasteiger charge is -2.06. The molecule has 0 aliphatic heterocycles. The lowest BCUT2D eigenvalue weighted by Crippen LogP contribution is -1.95. The number of hydrogen-bond donors (Lipinski definition) is 2. The number of nitrogen functional groups attached to an aromatic ring is 1. The van der Waals surface area contributed by atoms with E-state index in [-0.39, 0.29) is 10.7 Å². The van der Waals surface area contributed by atoms with E-state index in [2.05, 4.69) is 10.3 Å². The van der Waals surface area contributed by atoms with Crippen LogP contribution in [0.3, 0.4) is 0 Å². The van der Waals surface area contributed by atoms with Crippen molar-refractivity contribution in [3.05, 3.63) is 35.0 Å². The van der Waals surface area contributed by atoms with Gasteiger partial charge < -0.3 is 11.1 Å². The molecule has 3 N–H and O–H groups in total. The molecular formula is C9H6ClF2N3S. The van der Waals surface area contributed by atoms with Crippen LogP contribution in [-0.4, -0.2) is 4.98 Å². The van der Waals surface area contributed by atoms with Crippen LogP contribution in [0.15, 0.2) is 18.3 Å². The monoisotopic (exact) mass is 261 g/mol. The highest BCUT2D eigenvalue weighted by Gasteiger charge is 2.11. The molecular weight excluding hydrogens is 256 g/mol. The van der Waals surface area contributed by atoms with Crippen LogP contribution in [0.2, 0.25) is 5.02 Å². The molecule has 84 valence electrons. The van der Waals surface area contributed by atoms with Gasteiger partial charge in [0.1, 0.15) is 10.8 Å². The fourth-order valence-electron chi connectivity index (χ4n) is 1.11. The van der Waals surface area contributed by atoms with Gasteiger partial charge in [-0.1, -0.05) is 22.9 Å². The number of nitrogens with two attached hydrogens (primary N) is 1. The molecule has 0 aliphatic rings. The van der Waals surface area contributed by atoms with Gasteiger partial charge in [0.05, 0.1) is 16.9 Å². The normalized spacial score (nSPS) is 10.4. The maximum absolute atomic E-state index is 13.4. The number of benzene rings is 1. The van der Waals surface area contributed by atoms with Gasteiger partial charge in [-0.2, -0.15) is 0 Å². The SMILES string of the molecule is Nc1cnc(Nc2c(F)cc(F)cc2Cl)s1. The summed E-state index contributed by atoms with van der Waals surface area (Å²) in [5, 5.41) is 3.47. The molecule has 3 nitrogen and oxygen atoms in total. The van der Waals surface area contributed by atoms with E-state index in [1.807, 2.05) is 0 Å². The topological polar surface area (TPSA) is 50.9 Å². The van der Waals surface area contributed by atoms with Gasteiger partial charge in [0.2, 0.25) is 0 Å². The molecule has 2 aromatic rings. The highest BCUT2D eigenvalue weighted by molar-refractivity contribution is 7.19. The van der Waals surface area contributed by atoms with Gasteiger partial charge in [-0.15, -0.1) is 0 Å². The molecule has 0 fully saturated rings. The molecule has 0 bridgehead atoms. The Morgan fingerprint density at radius 1 is 1.38 bits per heavy atom. The largest absolute Gasteiger partial charge is 0.389 e. The molecule has 2 rings (SSSR count). The Labute approximate surface area is 98.9 Å². The van der Waals surface area contributed by atoms with Crippen LogP contribution in [0, 0.1) is 11.6 Å². The van der Waals surface area contributed by atoms with Crippen molar-refractivity contribution >= 4 is 38.8 Å². The molecule has 1 heterocycles. The van der Waals surface area contributed by atoms with E-state index in [9.17, 15) is 8.78 Å². The van der Waals surface area contributed by atoms with Crippen molar-refractivity contribution < 1.29 is 8.78 Å². The molecule has 0 saturated carbocycles. The first-order valence-electron chi connectivity index (χ1n) is 4.19. The molecule has 0 aliphatic carbocycles. The fraction of sp³-hybridized carbons (Fsp3) is 0. The number of halogens is 3. The molecule has 1 aromatic carbocycles. The summed E-state index contributed by atoms with van der Waals surface area (Å²) in [6, 6.07) is 1.76. The number of hydrogen-bond acceptors (Lipinski definition) is 4. The molecule has 0 amide bonds. The third-order valence-corrected chi connectivity index (χ3v) is 2.80. The summed E-state index contributed by atoms with van der Waals surface area (Å²) in [6.45, 7) is 0. The van der Waals surface area contributed by atoms with Gasteiger partial charge in [0, 0.05) is 6.07 Å². The Kier molecular flexibility index (Phi) is 2.93. The van der Waals surface area contributed by atoms with Gasteiger partial charge in [-0.05, 0) is 6.07 Å². The minimum absolute atomic E-state index is 0.0163. The lowest BCUT2D eigenvalue weighted by molar-refractivity contribution is 0.586. The molecule has 0 unspecified atom stereocenters. The fourth-order valence-corrected chi connectivity index (χ4v) is 1.94. The third-order valence-electron chi connectivity index (χ3n) is 1.76. The third kappa shape index (κ3) is 2.23. The van der Waals surface area contributed by atoms with Gasteiger partial charge >= 0.3 is 0 Å². The first kappa shape index (κ1) is 11.1. The van der Waals surface area contributed by atoms with E-state index in [4.69, 9.17) is 17.3 Å². The number of nitrogens with one attached hydrogen (secondary N) is 1. The summed E-state index contributed by atoms with van der Waals surface area (Å²) < 4.78 is 26.1. The minimum Gasteiger partial charge on any atom is -0.389 e. The first-order chi connectivity index (χ1) is 7.56. The van der Waals surface area contributed by atoms with Crippen molar-refractivity contribution in [1.29, 1.82) is 0 Å². The Hall–Kier alpha value is -1.40. The summed E-state index contributed by atoms with van der Waals surface area (Å²) in [6.07, 6.45) is 1.43. The van der Waals surface area contributed by atoms with E-state index in [1.165, 1.54) is 6.20 Å². The molecule has 16 heavy (non-hydrogen) atoms. The zero-order valence-electron chi connectivity index (χ0n) is 7.80. The summed E-state index contributed by atoms with van der Waals surface area (Å²) in [5.74, 6) is -1.51. The van der Waals surface area contributed by atoms with E-state index >= 15 is 0 Å². The Morgan fingerprint density at radius 3 is 2.69 bits per heavy atom. The predicted molar refractivity (Wildman–Crippen MR) is 61.2 cm³/mol. The van der Waals surface area contributed by atoms with Crippen LogP contribution in [0.4, 0.5) is 24.6 Å². The molecule has 0 saturated heterocycles. The Bertz CT molecular complexity index is 506.